The van der Waals surface area contributed by atoms with E-state index in [9.17, 15) is 22.4 Å². The minimum absolute atomic E-state index is 0.107. The van der Waals surface area contributed by atoms with Crippen molar-refractivity contribution in [3.8, 4) is 5.75 Å². The zero-order valence-corrected chi connectivity index (χ0v) is 17.5. The molecule has 0 radical (unpaired) electrons. The number of fused-ring (bicyclic) bond motifs is 1. The van der Waals surface area contributed by atoms with Gasteiger partial charge in [-0.25, -0.2) is 16.8 Å². The quantitative estimate of drug-likeness (QED) is 0.355. The predicted octanol–water partition coefficient (Wildman–Crippen LogP) is 3.24. The molecule has 0 fully saturated rings. The summed E-state index contributed by atoms with van der Waals surface area (Å²) in [6, 6.07) is 12.5. The lowest BCUT2D eigenvalue weighted by atomic mass is 10.1. The SMILES string of the molecule is COc1ccc(S(=O)(=O)n2cc(C(=O)C(=O)Nc3ccncc3)c3ccccc32)cc1F. The lowest BCUT2D eigenvalue weighted by molar-refractivity contribution is -0.112. The minimum atomic E-state index is -4.28. The topological polar surface area (TPSA) is 107 Å². The molecule has 0 aliphatic heterocycles. The number of rotatable bonds is 6. The number of aromatic nitrogens is 2. The molecule has 0 aliphatic carbocycles. The van der Waals surface area contributed by atoms with Gasteiger partial charge in [0.25, 0.3) is 21.7 Å². The first-order valence-corrected chi connectivity index (χ1v) is 10.7. The molecule has 1 amide bonds. The maximum atomic E-state index is 14.1. The maximum absolute atomic E-state index is 14.1. The average Bonchev–Trinajstić information content (AvgIpc) is 3.19. The van der Waals surface area contributed by atoms with Crippen LogP contribution >= 0.6 is 0 Å². The number of amides is 1. The van der Waals surface area contributed by atoms with Crippen LogP contribution in [0.4, 0.5) is 10.1 Å². The number of ether oxygens (including phenoxy) is 1. The highest BCUT2D eigenvalue weighted by Gasteiger charge is 2.27. The third-order valence-electron chi connectivity index (χ3n) is 4.75. The van der Waals surface area contributed by atoms with E-state index < -0.39 is 27.5 Å². The number of hydrogen-bond acceptors (Lipinski definition) is 6. The molecule has 0 bridgehead atoms. The average molecular weight is 453 g/mol. The Morgan fingerprint density at radius 2 is 1.78 bits per heavy atom. The van der Waals surface area contributed by atoms with E-state index in [-0.39, 0.29) is 27.1 Å². The van der Waals surface area contributed by atoms with Crippen LogP contribution < -0.4 is 10.1 Å². The monoisotopic (exact) mass is 453 g/mol. The summed E-state index contributed by atoms with van der Waals surface area (Å²) in [6.07, 6.45) is 3.97. The summed E-state index contributed by atoms with van der Waals surface area (Å²) in [6.45, 7) is 0. The van der Waals surface area contributed by atoms with Crippen molar-refractivity contribution in [3.63, 3.8) is 0 Å². The summed E-state index contributed by atoms with van der Waals surface area (Å²) in [4.78, 5) is 28.9. The van der Waals surface area contributed by atoms with Gasteiger partial charge in [0, 0.05) is 29.7 Å². The van der Waals surface area contributed by atoms with Crippen LogP contribution in [0.5, 0.6) is 5.75 Å². The molecule has 162 valence electrons. The summed E-state index contributed by atoms with van der Waals surface area (Å²) in [5, 5.41) is 2.72. The van der Waals surface area contributed by atoms with Gasteiger partial charge in [-0.1, -0.05) is 18.2 Å². The molecular formula is C22H16FN3O5S. The number of Topliss-reactive ketones (excluding diaryl/α,β-unsaturated/α-hetero) is 1. The molecule has 0 unspecified atom stereocenters. The molecule has 1 N–H and O–H groups in total. The van der Waals surface area contributed by atoms with Gasteiger partial charge in [-0.3, -0.25) is 14.6 Å². The number of carbonyl (C=O) groups is 2. The number of ketones is 1. The van der Waals surface area contributed by atoms with Gasteiger partial charge < -0.3 is 10.1 Å². The highest BCUT2D eigenvalue weighted by molar-refractivity contribution is 7.90. The van der Waals surface area contributed by atoms with Crippen molar-refractivity contribution in [3.05, 3.63) is 84.6 Å². The van der Waals surface area contributed by atoms with E-state index in [2.05, 4.69) is 10.3 Å². The highest BCUT2D eigenvalue weighted by atomic mass is 32.2. The van der Waals surface area contributed by atoms with Crippen molar-refractivity contribution in [2.75, 3.05) is 12.4 Å². The van der Waals surface area contributed by atoms with E-state index in [4.69, 9.17) is 4.74 Å². The first kappa shape index (κ1) is 21.2. The maximum Gasteiger partial charge on any atom is 0.296 e. The Labute approximate surface area is 182 Å². The predicted molar refractivity (Wildman–Crippen MR) is 115 cm³/mol. The Bertz CT molecular complexity index is 1450. The number of hydrogen-bond donors (Lipinski definition) is 1. The summed E-state index contributed by atoms with van der Waals surface area (Å²) < 4.78 is 46.3. The van der Waals surface area contributed by atoms with Crippen LogP contribution in [0, 0.1) is 5.82 Å². The molecule has 4 aromatic rings. The Kier molecular flexibility index (Phi) is 5.45. The molecule has 2 heterocycles. The van der Waals surface area contributed by atoms with E-state index in [0.717, 1.165) is 16.2 Å². The zero-order valence-electron chi connectivity index (χ0n) is 16.7. The van der Waals surface area contributed by atoms with Crippen LogP contribution in [0.3, 0.4) is 0 Å². The van der Waals surface area contributed by atoms with E-state index in [1.807, 2.05) is 0 Å². The summed E-state index contributed by atoms with van der Waals surface area (Å²) in [7, 11) is -3.02. The van der Waals surface area contributed by atoms with Gasteiger partial charge in [0.05, 0.1) is 23.1 Å². The highest BCUT2D eigenvalue weighted by Crippen LogP contribution is 2.28. The van der Waals surface area contributed by atoms with Crippen molar-refractivity contribution in [2.24, 2.45) is 0 Å². The number of methoxy groups -OCH3 is 1. The van der Waals surface area contributed by atoms with E-state index in [1.54, 1.807) is 12.1 Å². The van der Waals surface area contributed by atoms with Gasteiger partial charge in [0.2, 0.25) is 0 Å². The Balaban J connectivity index is 1.78. The minimum Gasteiger partial charge on any atom is -0.494 e. The second-order valence-corrected chi connectivity index (χ2v) is 8.49. The lowest BCUT2D eigenvalue weighted by Crippen LogP contribution is -2.22. The van der Waals surface area contributed by atoms with Gasteiger partial charge in [-0.05, 0) is 36.4 Å². The Hall–Kier alpha value is -4.05. The summed E-state index contributed by atoms with van der Waals surface area (Å²) in [5.41, 5.74) is 0.428. The molecule has 2 aromatic carbocycles. The van der Waals surface area contributed by atoms with E-state index in [1.165, 1.54) is 55.9 Å². The lowest BCUT2D eigenvalue weighted by Gasteiger charge is -2.09. The number of benzene rings is 2. The van der Waals surface area contributed by atoms with Crippen LogP contribution in [0.2, 0.25) is 0 Å². The van der Waals surface area contributed by atoms with Crippen LogP contribution in [0.25, 0.3) is 10.9 Å². The largest absolute Gasteiger partial charge is 0.494 e. The number of para-hydroxylation sites is 1. The number of halogens is 1. The second-order valence-electron chi connectivity index (χ2n) is 6.68. The normalized spacial score (nSPS) is 11.3. The molecule has 0 spiro atoms. The second kappa shape index (κ2) is 8.23. The fourth-order valence-electron chi connectivity index (χ4n) is 3.20. The van der Waals surface area contributed by atoms with Gasteiger partial charge in [-0.2, -0.15) is 0 Å². The first-order valence-electron chi connectivity index (χ1n) is 9.28. The zero-order chi connectivity index (χ0) is 22.9. The molecular weight excluding hydrogens is 437 g/mol. The van der Waals surface area contributed by atoms with Crippen LogP contribution in [0.15, 0.2) is 78.1 Å². The van der Waals surface area contributed by atoms with Gasteiger partial charge in [-0.15, -0.1) is 0 Å². The molecule has 0 saturated carbocycles. The fraction of sp³-hybridized carbons (Fsp3) is 0.0455. The molecule has 32 heavy (non-hydrogen) atoms. The third kappa shape index (κ3) is 3.71. The van der Waals surface area contributed by atoms with Gasteiger partial charge in [0.1, 0.15) is 0 Å². The number of nitrogens with zero attached hydrogens (tertiary/aromatic N) is 2. The number of anilines is 1. The molecule has 2 aromatic heterocycles. The van der Waals surface area contributed by atoms with E-state index >= 15 is 0 Å². The number of carbonyl (C=O) groups excluding carboxylic acids is 2. The standard InChI is InChI=1S/C22H16FN3O5S/c1-31-20-7-6-15(12-18(20)23)32(29,30)26-13-17(16-4-2-3-5-19(16)26)21(27)22(28)25-14-8-10-24-11-9-14/h2-13H,1H3,(H,24,25,28). The van der Waals surface area contributed by atoms with Crippen LogP contribution in [-0.2, 0) is 14.8 Å². The molecule has 4 rings (SSSR count). The summed E-state index contributed by atoms with van der Waals surface area (Å²) >= 11 is 0. The molecule has 10 heteroatoms. The van der Waals surface area contributed by atoms with E-state index in [0.29, 0.717) is 5.69 Å². The Morgan fingerprint density at radius 3 is 2.47 bits per heavy atom. The molecule has 8 nitrogen and oxygen atoms in total. The van der Waals surface area contributed by atoms with Crippen molar-refractivity contribution >= 4 is 38.3 Å². The Morgan fingerprint density at radius 1 is 1.06 bits per heavy atom. The van der Waals surface area contributed by atoms with Gasteiger partial charge in [0.15, 0.2) is 11.6 Å². The molecule has 0 saturated heterocycles. The van der Waals surface area contributed by atoms with Crippen LogP contribution in [0.1, 0.15) is 10.4 Å². The van der Waals surface area contributed by atoms with Crippen LogP contribution in [-0.4, -0.2) is 36.2 Å². The van der Waals surface area contributed by atoms with Gasteiger partial charge >= 0.3 is 0 Å². The van der Waals surface area contributed by atoms with Crippen molar-refractivity contribution in [1.29, 1.82) is 0 Å². The molecule has 0 aliphatic rings. The summed E-state index contributed by atoms with van der Waals surface area (Å²) in [5.74, 6) is -2.82. The first-order chi connectivity index (χ1) is 15.3. The third-order valence-corrected chi connectivity index (χ3v) is 6.42. The number of pyridine rings is 1. The smallest absolute Gasteiger partial charge is 0.296 e. The fourth-order valence-corrected chi connectivity index (χ4v) is 4.58. The molecule has 0 atom stereocenters. The van der Waals surface area contributed by atoms with Crippen molar-refractivity contribution in [1.82, 2.24) is 8.96 Å². The van der Waals surface area contributed by atoms with Crippen molar-refractivity contribution in [2.45, 2.75) is 4.90 Å². The number of nitrogens with one attached hydrogen (secondary N) is 1. The van der Waals surface area contributed by atoms with Crippen molar-refractivity contribution < 1.29 is 27.1 Å².